The topological polar surface area (TPSA) is 66.7 Å². The van der Waals surface area contributed by atoms with E-state index in [1.54, 1.807) is 13.8 Å². The van der Waals surface area contributed by atoms with E-state index in [2.05, 4.69) is 17.1 Å². The fraction of sp³-hybridized carbons (Fsp3) is 0.450. The molecule has 0 N–H and O–H groups in total. The van der Waals surface area contributed by atoms with E-state index < -0.39 is 0 Å². The molecular formula is C20H23N3O3. The zero-order chi connectivity index (χ0) is 18.3. The largest absolute Gasteiger partial charge is 0.438 e. The molecule has 0 radical (unpaired) electrons. The van der Waals surface area contributed by atoms with Crippen molar-refractivity contribution >= 4 is 11.8 Å². The van der Waals surface area contributed by atoms with E-state index in [4.69, 9.17) is 4.42 Å². The molecule has 1 aromatic heterocycles. The summed E-state index contributed by atoms with van der Waals surface area (Å²) in [6, 6.07) is 10.5. The maximum absolute atomic E-state index is 12.8. The lowest BCUT2D eigenvalue weighted by Crippen LogP contribution is -2.49. The number of aryl methyl sites for hydroxylation is 1. The highest BCUT2D eigenvalue weighted by Gasteiger charge is 2.47. The van der Waals surface area contributed by atoms with Crippen LogP contribution >= 0.6 is 0 Å². The molecule has 0 spiro atoms. The van der Waals surface area contributed by atoms with Gasteiger partial charge in [-0.3, -0.25) is 9.59 Å². The number of carbonyl (C=O) groups excluding carboxylic acids is 2. The SMILES string of the molecule is CC(=O)N1C[C@H](c2ccccc2)[C@H]2CN(C(=O)c3ocnc3C)CC[C@H]21. The average molecular weight is 353 g/mol. The number of hydrogen-bond acceptors (Lipinski definition) is 4. The zero-order valence-corrected chi connectivity index (χ0v) is 15.1. The van der Waals surface area contributed by atoms with E-state index in [0.29, 0.717) is 24.5 Å². The van der Waals surface area contributed by atoms with Gasteiger partial charge in [0.05, 0.1) is 5.69 Å². The third-order valence-electron chi connectivity index (χ3n) is 5.79. The quantitative estimate of drug-likeness (QED) is 0.832. The van der Waals surface area contributed by atoms with E-state index in [1.807, 2.05) is 28.0 Å². The Morgan fingerprint density at radius 2 is 1.96 bits per heavy atom. The Bertz CT molecular complexity index is 817. The van der Waals surface area contributed by atoms with Gasteiger partial charge in [0, 0.05) is 44.4 Å². The molecular weight excluding hydrogens is 330 g/mol. The van der Waals surface area contributed by atoms with Crippen molar-refractivity contribution < 1.29 is 14.0 Å². The zero-order valence-electron chi connectivity index (χ0n) is 15.1. The Hall–Kier alpha value is -2.63. The third-order valence-corrected chi connectivity index (χ3v) is 5.79. The Balaban J connectivity index is 1.61. The minimum Gasteiger partial charge on any atom is -0.438 e. The number of likely N-dealkylation sites (tertiary alicyclic amines) is 2. The number of benzene rings is 1. The van der Waals surface area contributed by atoms with Crippen LogP contribution in [0.1, 0.15) is 41.1 Å². The summed E-state index contributed by atoms with van der Waals surface area (Å²) in [4.78, 5) is 32.9. The lowest BCUT2D eigenvalue weighted by Gasteiger charge is -2.38. The van der Waals surface area contributed by atoms with Crippen molar-refractivity contribution in [2.75, 3.05) is 19.6 Å². The van der Waals surface area contributed by atoms with Gasteiger partial charge >= 0.3 is 0 Å². The van der Waals surface area contributed by atoms with Crippen LogP contribution < -0.4 is 0 Å². The summed E-state index contributed by atoms with van der Waals surface area (Å²) in [5.74, 6) is 0.815. The van der Waals surface area contributed by atoms with Crippen molar-refractivity contribution in [2.24, 2.45) is 5.92 Å². The average Bonchev–Trinajstić information content (AvgIpc) is 3.25. The van der Waals surface area contributed by atoms with Crippen molar-refractivity contribution in [1.29, 1.82) is 0 Å². The summed E-state index contributed by atoms with van der Waals surface area (Å²) >= 11 is 0. The summed E-state index contributed by atoms with van der Waals surface area (Å²) in [7, 11) is 0. The second-order valence-electron chi connectivity index (χ2n) is 7.23. The standard InChI is InChI=1S/C20H23N3O3/c1-13-19(26-12-21-13)20(25)22-9-8-18-17(10-22)16(11-23(18)14(2)24)15-6-4-3-5-7-15/h3-7,12,16-18H,8-11H2,1-2H3/t16-,17-,18-/m1/s1. The molecule has 136 valence electrons. The highest BCUT2D eigenvalue weighted by Crippen LogP contribution is 2.41. The van der Waals surface area contributed by atoms with Crippen LogP contribution in [-0.2, 0) is 4.79 Å². The predicted octanol–water partition coefficient (Wildman–Crippen LogP) is 2.46. The lowest BCUT2D eigenvalue weighted by atomic mass is 9.81. The number of rotatable bonds is 2. The first-order valence-electron chi connectivity index (χ1n) is 9.07. The van der Waals surface area contributed by atoms with Crippen molar-refractivity contribution in [1.82, 2.24) is 14.8 Å². The lowest BCUT2D eigenvalue weighted by molar-refractivity contribution is -0.130. The number of nitrogens with zero attached hydrogens (tertiary/aromatic N) is 3. The van der Waals surface area contributed by atoms with Crippen LogP contribution in [0.15, 0.2) is 41.1 Å². The third kappa shape index (κ3) is 2.79. The van der Waals surface area contributed by atoms with Crippen LogP contribution in [0.25, 0.3) is 0 Å². The van der Waals surface area contributed by atoms with E-state index in [9.17, 15) is 9.59 Å². The normalized spacial score (nSPS) is 25.2. The van der Waals surface area contributed by atoms with E-state index in [-0.39, 0.29) is 29.7 Å². The molecule has 2 aromatic rings. The maximum atomic E-state index is 12.8. The molecule has 2 aliphatic heterocycles. The highest BCUT2D eigenvalue weighted by molar-refractivity contribution is 5.92. The second-order valence-corrected chi connectivity index (χ2v) is 7.23. The molecule has 2 aliphatic rings. The summed E-state index contributed by atoms with van der Waals surface area (Å²) < 4.78 is 5.29. The fourth-order valence-electron chi connectivity index (χ4n) is 4.48. The van der Waals surface area contributed by atoms with Gasteiger partial charge in [-0.05, 0) is 18.9 Å². The maximum Gasteiger partial charge on any atom is 0.291 e. The molecule has 3 atom stereocenters. The molecule has 0 bridgehead atoms. The first-order valence-corrected chi connectivity index (χ1v) is 9.07. The van der Waals surface area contributed by atoms with Gasteiger partial charge in [0.25, 0.3) is 5.91 Å². The summed E-state index contributed by atoms with van der Waals surface area (Å²) in [5, 5.41) is 0. The molecule has 2 amide bonds. The Morgan fingerprint density at radius 3 is 2.62 bits per heavy atom. The predicted molar refractivity (Wildman–Crippen MR) is 95.6 cm³/mol. The van der Waals surface area contributed by atoms with Gasteiger partial charge in [-0.25, -0.2) is 4.98 Å². The molecule has 0 unspecified atom stereocenters. The number of hydrogen-bond donors (Lipinski definition) is 0. The van der Waals surface area contributed by atoms with E-state index in [0.717, 1.165) is 13.0 Å². The molecule has 3 heterocycles. The first-order chi connectivity index (χ1) is 12.6. The first kappa shape index (κ1) is 16.8. The number of carbonyl (C=O) groups is 2. The van der Waals surface area contributed by atoms with Crippen LogP contribution in [0, 0.1) is 12.8 Å². The van der Waals surface area contributed by atoms with Crippen LogP contribution in [0.4, 0.5) is 0 Å². The molecule has 2 fully saturated rings. The van der Waals surface area contributed by atoms with Gasteiger partial charge in [0.15, 0.2) is 6.39 Å². The fourth-order valence-corrected chi connectivity index (χ4v) is 4.48. The van der Waals surface area contributed by atoms with Crippen LogP contribution in [-0.4, -0.2) is 52.3 Å². The number of oxazole rings is 1. The Kier molecular flexibility index (Phi) is 4.26. The van der Waals surface area contributed by atoms with Crippen molar-refractivity contribution in [3.63, 3.8) is 0 Å². The van der Waals surface area contributed by atoms with Gasteiger partial charge in [0.2, 0.25) is 11.7 Å². The minimum atomic E-state index is -0.105. The number of piperidine rings is 1. The van der Waals surface area contributed by atoms with E-state index in [1.165, 1.54) is 12.0 Å². The molecule has 4 rings (SSSR count). The summed E-state index contributed by atoms with van der Waals surface area (Å²) in [6.07, 6.45) is 2.11. The smallest absolute Gasteiger partial charge is 0.291 e. The van der Waals surface area contributed by atoms with Crippen molar-refractivity contribution in [3.8, 4) is 0 Å². The molecule has 0 saturated carbocycles. The number of fused-ring (bicyclic) bond motifs is 1. The van der Waals surface area contributed by atoms with E-state index >= 15 is 0 Å². The van der Waals surface area contributed by atoms with Gasteiger partial charge in [-0.15, -0.1) is 0 Å². The number of amides is 2. The second kappa shape index (κ2) is 6.59. The molecule has 26 heavy (non-hydrogen) atoms. The molecule has 1 aromatic carbocycles. The Labute approximate surface area is 152 Å². The van der Waals surface area contributed by atoms with Gasteiger partial charge in [0.1, 0.15) is 0 Å². The van der Waals surface area contributed by atoms with Gasteiger partial charge in [-0.2, -0.15) is 0 Å². The Morgan fingerprint density at radius 1 is 1.19 bits per heavy atom. The molecule has 6 heteroatoms. The van der Waals surface area contributed by atoms with Crippen molar-refractivity contribution in [2.45, 2.75) is 32.2 Å². The van der Waals surface area contributed by atoms with Crippen LogP contribution in [0.3, 0.4) is 0 Å². The summed E-state index contributed by atoms with van der Waals surface area (Å²) in [5.41, 5.74) is 1.85. The highest BCUT2D eigenvalue weighted by atomic mass is 16.3. The minimum absolute atomic E-state index is 0.105. The monoisotopic (exact) mass is 353 g/mol. The van der Waals surface area contributed by atoms with Gasteiger partial charge in [-0.1, -0.05) is 30.3 Å². The molecule has 2 saturated heterocycles. The molecule has 0 aliphatic carbocycles. The van der Waals surface area contributed by atoms with Gasteiger partial charge < -0.3 is 14.2 Å². The van der Waals surface area contributed by atoms with Crippen LogP contribution in [0.5, 0.6) is 0 Å². The summed E-state index contributed by atoms with van der Waals surface area (Å²) in [6.45, 7) is 5.40. The van der Waals surface area contributed by atoms with Crippen LogP contribution in [0.2, 0.25) is 0 Å². The molecule has 6 nitrogen and oxygen atoms in total. The van der Waals surface area contributed by atoms with Crippen molar-refractivity contribution in [3.05, 3.63) is 53.7 Å². The number of aromatic nitrogens is 1.